The monoisotopic (exact) mass is 324 g/mol. The number of hydrogen-bond donors (Lipinski definition) is 1. The summed E-state index contributed by atoms with van der Waals surface area (Å²) in [7, 11) is 0. The van der Waals surface area contributed by atoms with E-state index in [0.717, 1.165) is 23.9 Å². The Hall–Kier alpha value is -2.63. The maximum atomic E-state index is 13.2. The van der Waals surface area contributed by atoms with Gasteiger partial charge in [0, 0.05) is 6.04 Å². The lowest BCUT2D eigenvalue weighted by Gasteiger charge is -2.16. The van der Waals surface area contributed by atoms with Gasteiger partial charge in [-0.25, -0.2) is 4.98 Å². The fourth-order valence-corrected chi connectivity index (χ4v) is 3.61. The van der Waals surface area contributed by atoms with Gasteiger partial charge in [-0.3, -0.25) is 14.0 Å². The van der Waals surface area contributed by atoms with E-state index in [9.17, 15) is 9.59 Å². The highest BCUT2D eigenvalue weighted by molar-refractivity contribution is 5.86. The molecular weight excluding hydrogens is 304 g/mol. The van der Waals surface area contributed by atoms with E-state index in [2.05, 4.69) is 4.98 Å². The number of primary amides is 1. The first-order valence-corrected chi connectivity index (χ1v) is 8.30. The minimum Gasteiger partial charge on any atom is -0.369 e. The van der Waals surface area contributed by atoms with Crippen LogP contribution in [-0.2, 0) is 4.79 Å². The van der Waals surface area contributed by atoms with Gasteiger partial charge in [-0.1, -0.05) is 12.1 Å². The molecular formula is C18H20N4O2. The van der Waals surface area contributed by atoms with E-state index in [1.807, 2.05) is 38.1 Å². The molecule has 2 heterocycles. The molecule has 1 aliphatic carbocycles. The Kier molecular flexibility index (Phi) is 3.23. The van der Waals surface area contributed by atoms with E-state index in [1.54, 1.807) is 15.3 Å². The zero-order valence-electron chi connectivity index (χ0n) is 13.8. The molecule has 3 aromatic rings. The van der Waals surface area contributed by atoms with E-state index in [-0.39, 0.29) is 17.5 Å². The first-order chi connectivity index (χ1) is 11.5. The number of carbonyl (C=O) groups is 1. The van der Waals surface area contributed by atoms with Crippen LogP contribution in [0.1, 0.15) is 44.3 Å². The Balaban J connectivity index is 2.13. The number of fused-ring (bicyclic) bond motifs is 3. The Morgan fingerprint density at radius 2 is 1.92 bits per heavy atom. The minimum atomic E-state index is -0.482. The molecule has 2 N–H and O–H groups in total. The maximum absolute atomic E-state index is 13.2. The molecule has 1 amide bonds. The van der Waals surface area contributed by atoms with Crippen LogP contribution < -0.4 is 11.3 Å². The molecule has 1 saturated carbocycles. The number of carbonyl (C=O) groups excluding carboxylic acids is 1. The molecule has 4 rings (SSSR count). The van der Waals surface area contributed by atoms with Crippen LogP contribution in [0.2, 0.25) is 0 Å². The third-order valence-corrected chi connectivity index (χ3v) is 4.83. The van der Waals surface area contributed by atoms with Crippen molar-refractivity contribution in [1.82, 2.24) is 14.0 Å². The van der Waals surface area contributed by atoms with Crippen LogP contribution in [0.25, 0.3) is 16.6 Å². The SMILES string of the molecule is CC(C)n1c(=O)c2c(C(C(N)=O)C3CC3)ncn2c2ccccc21. The summed E-state index contributed by atoms with van der Waals surface area (Å²) in [6, 6.07) is 7.75. The average molecular weight is 324 g/mol. The Morgan fingerprint density at radius 3 is 2.50 bits per heavy atom. The molecule has 2 aromatic heterocycles. The Morgan fingerprint density at radius 1 is 1.25 bits per heavy atom. The first kappa shape index (κ1) is 14.9. The number of imidazole rings is 1. The van der Waals surface area contributed by atoms with Crippen LogP contribution in [0.15, 0.2) is 35.4 Å². The van der Waals surface area contributed by atoms with E-state index < -0.39 is 11.8 Å². The largest absolute Gasteiger partial charge is 0.369 e. The Labute approximate surface area is 138 Å². The van der Waals surface area contributed by atoms with Crippen molar-refractivity contribution in [2.24, 2.45) is 11.7 Å². The highest BCUT2D eigenvalue weighted by Crippen LogP contribution is 2.42. The molecule has 1 aliphatic rings. The van der Waals surface area contributed by atoms with Crippen molar-refractivity contribution in [2.45, 2.75) is 38.6 Å². The lowest BCUT2D eigenvalue weighted by Crippen LogP contribution is -2.28. The number of nitrogens with zero attached hydrogens (tertiary/aromatic N) is 3. The van der Waals surface area contributed by atoms with Crippen molar-refractivity contribution in [2.75, 3.05) is 0 Å². The van der Waals surface area contributed by atoms with Crippen molar-refractivity contribution in [3.8, 4) is 0 Å². The number of aromatic nitrogens is 3. The van der Waals surface area contributed by atoms with E-state index in [1.165, 1.54) is 0 Å². The summed E-state index contributed by atoms with van der Waals surface area (Å²) in [5.41, 5.74) is 8.25. The molecule has 1 unspecified atom stereocenters. The van der Waals surface area contributed by atoms with Gasteiger partial charge >= 0.3 is 0 Å². The van der Waals surface area contributed by atoms with Gasteiger partial charge in [0.1, 0.15) is 11.8 Å². The van der Waals surface area contributed by atoms with E-state index in [4.69, 9.17) is 5.73 Å². The number of rotatable bonds is 4. The number of para-hydroxylation sites is 2. The third kappa shape index (κ3) is 2.06. The second-order valence-electron chi connectivity index (χ2n) is 6.82. The summed E-state index contributed by atoms with van der Waals surface area (Å²) in [4.78, 5) is 29.6. The van der Waals surface area contributed by atoms with E-state index in [0.29, 0.717) is 11.2 Å². The highest BCUT2D eigenvalue weighted by atomic mass is 16.1. The normalized spacial score (nSPS) is 16.1. The van der Waals surface area contributed by atoms with Crippen LogP contribution in [0.5, 0.6) is 0 Å². The van der Waals surface area contributed by atoms with Crippen molar-refractivity contribution in [1.29, 1.82) is 0 Å². The summed E-state index contributed by atoms with van der Waals surface area (Å²) in [6.45, 7) is 3.96. The third-order valence-electron chi connectivity index (χ3n) is 4.83. The number of amides is 1. The first-order valence-electron chi connectivity index (χ1n) is 8.30. The van der Waals surface area contributed by atoms with Gasteiger partial charge in [0.2, 0.25) is 5.91 Å². The maximum Gasteiger partial charge on any atom is 0.277 e. The topological polar surface area (TPSA) is 82.4 Å². The summed E-state index contributed by atoms with van der Waals surface area (Å²) in [5.74, 6) is -0.675. The van der Waals surface area contributed by atoms with E-state index >= 15 is 0 Å². The number of nitrogens with two attached hydrogens (primary N) is 1. The fraction of sp³-hybridized carbons (Fsp3) is 0.389. The summed E-state index contributed by atoms with van der Waals surface area (Å²) in [6.07, 6.45) is 3.55. The quantitative estimate of drug-likeness (QED) is 0.799. The van der Waals surface area contributed by atoms with Gasteiger partial charge in [0.15, 0.2) is 0 Å². The lowest BCUT2D eigenvalue weighted by molar-refractivity contribution is -0.119. The van der Waals surface area contributed by atoms with Crippen molar-refractivity contribution < 1.29 is 4.79 Å². The number of benzene rings is 1. The molecule has 24 heavy (non-hydrogen) atoms. The van der Waals surface area contributed by atoms with Gasteiger partial charge in [0.25, 0.3) is 5.56 Å². The van der Waals surface area contributed by atoms with Gasteiger partial charge in [-0.2, -0.15) is 0 Å². The molecule has 124 valence electrons. The predicted molar refractivity (Wildman–Crippen MR) is 92.0 cm³/mol. The molecule has 6 nitrogen and oxygen atoms in total. The van der Waals surface area contributed by atoms with Crippen LogP contribution >= 0.6 is 0 Å². The van der Waals surface area contributed by atoms with Crippen LogP contribution in [0, 0.1) is 5.92 Å². The second-order valence-corrected chi connectivity index (χ2v) is 6.82. The molecule has 6 heteroatoms. The minimum absolute atomic E-state index is 0.00287. The lowest BCUT2D eigenvalue weighted by atomic mass is 9.98. The van der Waals surface area contributed by atoms with Gasteiger partial charge in [0.05, 0.1) is 22.6 Å². The zero-order chi connectivity index (χ0) is 17.0. The van der Waals surface area contributed by atoms with Crippen LogP contribution in [0.4, 0.5) is 0 Å². The molecule has 1 fully saturated rings. The molecule has 0 bridgehead atoms. The smallest absolute Gasteiger partial charge is 0.277 e. The average Bonchev–Trinajstić information content (AvgIpc) is 3.25. The zero-order valence-corrected chi connectivity index (χ0v) is 13.8. The van der Waals surface area contributed by atoms with Gasteiger partial charge in [-0.15, -0.1) is 0 Å². The van der Waals surface area contributed by atoms with Gasteiger partial charge in [-0.05, 0) is 44.7 Å². The summed E-state index contributed by atoms with van der Waals surface area (Å²) >= 11 is 0. The van der Waals surface area contributed by atoms with Gasteiger partial charge < -0.3 is 10.3 Å². The second kappa shape index (κ2) is 5.19. The van der Waals surface area contributed by atoms with Crippen LogP contribution in [-0.4, -0.2) is 19.9 Å². The molecule has 1 aromatic carbocycles. The molecule has 0 saturated heterocycles. The summed E-state index contributed by atoms with van der Waals surface area (Å²) in [5, 5.41) is 0. The number of hydrogen-bond acceptors (Lipinski definition) is 3. The standard InChI is InChI=1S/C18H20N4O2/c1-10(2)22-13-6-4-3-5-12(13)21-9-20-15(16(21)18(22)24)14(17(19)23)11-7-8-11/h3-6,9-11,14H,7-8H2,1-2H3,(H2,19,23). The highest BCUT2D eigenvalue weighted by Gasteiger charge is 2.39. The molecule has 0 aliphatic heterocycles. The van der Waals surface area contributed by atoms with Crippen molar-refractivity contribution in [3.05, 3.63) is 46.6 Å². The molecule has 1 atom stereocenters. The fourth-order valence-electron chi connectivity index (χ4n) is 3.61. The van der Waals surface area contributed by atoms with Crippen LogP contribution in [0.3, 0.4) is 0 Å². The predicted octanol–water partition coefficient (Wildman–Crippen LogP) is 2.21. The molecule has 0 spiro atoms. The van der Waals surface area contributed by atoms with Crippen molar-refractivity contribution >= 4 is 22.5 Å². The molecule has 0 radical (unpaired) electrons. The summed E-state index contributed by atoms with van der Waals surface area (Å²) < 4.78 is 3.56. The van der Waals surface area contributed by atoms with Crippen molar-refractivity contribution in [3.63, 3.8) is 0 Å². The Bertz CT molecular complexity index is 1010.